The van der Waals surface area contributed by atoms with E-state index < -0.39 is 0 Å². The Morgan fingerprint density at radius 3 is 2.78 bits per heavy atom. The van der Waals surface area contributed by atoms with Crippen molar-refractivity contribution < 1.29 is 0 Å². The summed E-state index contributed by atoms with van der Waals surface area (Å²) in [6.07, 6.45) is 3.75. The number of halogens is 2. The van der Waals surface area contributed by atoms with Crippen molar-refractivity contribution in [1.29, 1.82) is 0 Å². The Labute approximate surface area is 120 Å². The summed E-state index contributed by atoms with van der Waals surface area (Å²) in [6, 6.07) is 6.04. The number of rotatable bonds is 6. The van der Waals surface area contributed by atoms with Crippen LogP contribution in [0.2, 0.25) is 10.0 Å². The minimum Gasteiger partial charge on any atom is -0.316 e. The van der Waals surface area contributed by atoms with Crippen LogP contribution in [0.3, 0.4) is 0 Å². The predicted molar refractivity (Wildman–Crippen MR) is 79.7 cm³/mol. The monoisotopic (exact) mass is 285 g/mol. The van der Waals surface area contributed by atoms with Crippen LogP contribution in [0.15, 0.2) is 18.2 Å². The van der Waals surface area contributed by atoms with Gasteiger partial charge in [-0.05, 0) is 55.0 Å². The third kappa shape index (κ3) is 3.01. The molecule has 0 aliphatic heterocycles. The van der Waals surface area contributed by atoms with E-state index in [0.29, 0.717) is 10.0 Å². The first-order valence-corrected chi connectivity index (χ1v) is 7.49. The van der Waals surface area contributed by atoms with Gasteiger partial charge in [0.05, 0.1) is 10.0 Å². The van der Waals surface area contributed by atoms with Gasteiger partial charge in [0.2, 0.25) is 0 Å². The minimum absolute atomic E-state index is 0.285. The van der Waals surface area contributed by atoms with Gasteiger partial charge in [0.15, 0.2) is 0 Å². The lowest BCUT2D eigenvalue weighted by molar-refractivity contribution is 0.564. The summed E-state index contributed by atoms with van der Waals surface area (Å²) in [6.45, 7) is 6.78. The Kier molecular flexibility index (Phi) is 4.58. The molecule has 1 nitrogen and oxygen atoms in total. The molecule has 100 valence electrons. The van der Waals surface area contributed by atoms with Crippen molar-refractivity contribution in [3.05, 3.63) is 33.8 Å². The molecule has 18 heavy (non-hydrogen) atoms. The molecule has 1 aromatic carbocycles. The lowest BCUT2D eigenvalue weighted by Gasteiger charge is -2.13. The molecule has 2 unspecified atom stereocenters. The lowest BCUT2D eigenvalue weighted by Crippen LogP contribution is -2.21. The van der Waals surface area contributed by atoms with E-state index in [2.05, 4.69) is 25.2 Å². The van der Waals surface area contributed by atoms with Gasteiger partial charge in [-0.3, -0.25) is 0 Å². The molecular formula is C15H21Cl2N. The van der Waals surface area contributed by atoms with Gasteiger partial charge in [-0.25, -0.2) is 0 Å². The molecule has 2 rings (SSSR count). The molecule has 0 aromatic heterocycles. The van der Waals surface area contributed by atoms with Crippen LogP contribution in [0, 0.1) is 5.92 Å². The maximum Gasteiger partial charge on any atom is 0.0595 e. The largest absolute Gasteiger partial charge is 0.316 e. The molecule has 1 aliphatic carbocycles. The van der Waals surface area contributed by atoms with Gasteiger partial charge in [-0.2, -0.15) is 0 Å². The van der Waals surface area contributed by atoms with Crippen LogP contribution in [0.1, 0.15) is 38.7 Å². The fourth-order valence-corrected chi connectivity index (χ4v) is 2.83. The van der Waals surface area contributed by atoms with Crippen molar-refractivity contribution >= 4 is 23.2 Å². The maximum atomic E-state index is 6.09. The molecule has 1 N–H and O–H groups in total. The van der Waals surface area contributed by atoms with Crippen LogP contribution in [0.4, 0.5) is 0 Å². The highest BCUT2D eigenvalue weighted by Gasteiger charge is 2.50. The Morgan fingerprint density at radius 1 is 1.33 bits per heavy atom. The van der Waals surface area contributed by atoms with Gasteiger partial charge in [-0.15, -0.1) is 0 Å². The SMILES string of the molecule is CCCCNCC1CC1(C)c1ccc(Cl)c(Cl)c1. The molecule has 0 bridgehead atoms. The van der Waals surface area contributed by atoms with Crippen LogP contribution >= 0.6 is 23.2 Å². The number of hydrogen-bond donors (Lipinski definition) is 1. The highest BCUT2D eigenvalue weighted by molar-refractivity contribution is 6.42. The van der Waals surface area contributed by atoms with Gasteiger partial charge < -0.3 is 5.32 Å². The summed E-state index contributed by atoms with van der Waals surface area (Å²) in [5, 5.41) is 4.85. The second kappa shape index (κ2) is 5.81. The van der Waals surface area contributed by atoms with Crippen molar-refractivity contribution in [3.63, 3.8) is 0 Å². The average molecular weight is 286 g/mol. The first kappa shape index (κ1) is 14.2. The molecule has 0 heterocycles. The lowest BCUT2D eigenvalue weighted by atomic mass is 9.95. The smallest absolute Gasteiger partial charge is 0.0595 e. The molecule has 1 aromatic rings. The third-order valence-corrected chi connectivity index (χ3v) is 4.83. The summed E-state index contributed by atoms with van der Waals surface area (Å²) in [4.78, 5) is 0. The number of hydrogen-bond acceptors (Lipinski definition) is 1. The number of nitrogens with one attached hydrogen (secondary N) is 1. The molecule has 1 saturated carbocycles. The topological polar surface area (TPSA) is 12.0 Å². The fraction of sp³-hybridized carbons (Fsp3) is 0.600. The Bertz CT molecular complexity index is 419. The van der Waals surface area contributed by atoms with Crippen LogP contribution in [0.5, 0.6) is 0 Å². The Morgan fingerprint density at radius 2 is 2.11 bits per heavy atom. The van der Waals surface area contributed by atoms with Crippen molar-refractivity contribution in [3.8, 4) is 0 Å². The number of unbranched alkanes of at least 4 members (excludes halogenated alkanes) is 1. The van der Waals surface area contributed by atoms with Crippen molar-refractivity contribution in [2.75, 3.05) is 13.1 Å². The summed E-state index contributed by atoms with van der Waals surface area (Å²) in [5.74, 6) is 0.728. The average Bonchev–Trinajstić information content (AvgIpc) is 3.01. The third-order valence-electron chi connectivity index (χ3n) is 4.09. The molecule has 0 saturated heterocycles. The van der Waals surface area contributed by atoms with Crippen molar-refractivity contribution in [2.24, 2.45) is 5.92 Å². The zero-order chi connectivity index (χ0) is 13.2. The first-order chi connectivity index (χ1) is 8.58. The molecule has 0 amide bonds. The second-order valence-electron chi connectivity index (χ2n) is 5.51. The van der Waals surface area contributed by atoms with Gasteiger partial charge >= 0.3 is 0 Å². The molecule has 0 radical (unpaired) electrons. The molecule has 3 heteroatoms. The first-order valence-electron chi connectivity index (χ1n) is 6.74. The molecule has 0 spiro atoms. The zero-order valence-electron chi connectivity index (χ0n) is 11.1. The van der Waals surface area contributed by atoms with Crippen LogP contribution in [-0.2, 0) is 5.41 Å². The van der Waals surface area contributed by atoms with Crippen LogP contribution in [0.25, 0.3) is 0 Å². The van der Waals surface area contributed by atoms with Crippen molar-refractivity contribution in [2.45, 2.75) is 38.5 Å². The van der Waals surface area contributed by atoms with Gasteiger partial charge in [0.25, 0.3) is 0 Å². The summed E-state index contributed by atoms with van der Waals surface area (Å²) in [7, 11) is 0. The molecular weight excluding hydrogens is 265 g/mol. The van der Waals surface area contributed by atoms with Gasteiger partial charge in [0, 0.05) is 0 Å². The molecule has 1 aliphatic rings. The number of benzene rings is 1. The van der Waals surface area contributed by atoms with Crippen LogP contribution in [-0.4, -0.2) is 13.1 Å². The van der Waals surface area contributed by atoms with Crippen LogP contribution < -0.4 is 5.32 Å². The van der Waals surface area contributed by atoms with E-state index >= 15 is 0 Å². The summed E-state index contributed by atoms with van der Waals surface area (Å²) in [5.41, 5.74) is 1.60. The Hall–Kier alpha value is -0.240. The van der Waals surface area contributed by atoms with E-state index in [-0.39, 0.29) is 5.41 Å². The highest BCUT2D eigenvalue weighted by atomic mass is 35.5. The predicted octanol–water partition coefficient (Wildman–Crippen LogP) is 4.66. The highest BCUT2D eigenvalue weighted by Crippen LogP contribution is 2.54. The van der Waals surface area contributed by atoms with E-state index in [0.717, 1.165) is 19.0 Å². The van der Waals surface area contributed by atoms with Crippen molar-refractivity contribution in [1.82, 2.24) is 5.32 Å². The van der Waals surface area contributed by atoms with E-state index in [1.54, 1.807) is 0 Å². The summed E-state index contributed by atoms with van der Waals surface area (Å²) >= 11 is 12.1. The van der Waals surface area contributed by atoms with E-state index in [9.17, 15) is 0 Å². The maximum absolute atomic E-state index is 6.09. The van der Waals surface area contributed by atoms with E-state index in [1.807, 2.05) is 12.1 Å². The minimum atomic E-state index is 0.285. The summed E-state index contributed by atoms with van der Waals surface area (Å²) < 4.78 is 0. The molecule has 1 fully saturated rings. The second-order valence-corrected chi connectivity index (χ2v) is 6.32. The zero-order valence-corrected chi connectivity index (χ0v) is 12.6. The van der Waals surface area contributed by atoms with Gasteiger partial charge in [-0.1, -0.05) is 49.5 Å². The fourth-order valence-electron chi connectivity index (χ4n) is 2.53. The standard InChI is InChI=1S/C15H21Cl2N/c1-3-4-7-18-10-12-9-15(12,2)11-5-6-13(16)14(17)8-11/h5-6,8,12,18H,3-4,7,9-10H2,1-2H3. The quantitative estimate of drug-likeness (QED) is 0.750. The molecule has 2 atom stereocenters. The van der Waals surface area contributed by atoms with E-state index in [4.69, 9.17) is 23.2 Å². The normalized spacial score (nSPS) is 26.3. The Balaban J connectivity index is 1.91. The van der Waals surface area contributed by atoms with E-state index in [1.165, 1.54) is 24.8 Å². The van der Waals surface area contributed by atoms with Gasteiger partial charge in [0.1, 0.15) is 0 Å².